The Hall–Kier alpha value is -2.59. The number of halogens is 3. The van der Waals surface area contributed by atoms with Gasteiger partial charge in [0.25, 0.3) is 5.91 Å². The van der Waals surface area contributed by atoms with Crippen LogP contribution in [0.25, 0.3) is 0 Å². The summed E-state index contributed by atoms with van der Waals surface area (Å²) >= 11 is 0. The Morgan fingerprint density at radius 2 is 1.65 bits per heavy atom. The number of ether oxygens (including phenoxy) is 1. The first kappa shape index (κ1) is 23.1. The number of alkyl halides is 3. The molecule has 1 amide bonds. The molecule has 0 radical (unpaired) electrons. The quantitative estimate of drug-likeness (QED) is 0.704. The number of amides is 1. The fourth-order valence-corrected chi connectivity index (χ4v) is 4.78. The van der Waals surface area contributed by atoms with Crippen LogP contribution >= 0.6 is 0 Å². The molecule has 3 rings (SSSR count). The summed E-state index contributed by atoms with van der Waals surface area (Å²) in [6.45, 7) is 0.557. The fourth-order valence-electron chi connectivity index (χ4n) is 3.26. The summed E-state index contributed by atoms with van der Waals surface area (Å²) in [5.41, 5.74) is -0.866. The minimum Gasteiger partial charge on any atom is -0.484 e. The Kier molecular flexibility index (Phi) is 7.22. The van der Waals surface area contributed by atoms with Crippen molar-refractivity contribution in [1.82, 2.24) is 4.31 Å². The van der Waals surface area contributed by atoms with Gasteiger partial charge in [0.1, 0.15) is 5.75 Å². The van der Waals surface area contributed by atoms with Crippen LogP contribution in [0.4, 0.5) is 18.9 Å². The molecule has 168 valence electrons. The number of hydrogen-bond donors (Lipinski definition) is 1. The molecular formula is C21H23F3N2O4S. The average molecular weight is 456 g/mol. The maximum atomic E-state index is 12.8. The molecule has 1 saturated heterocycles. The first-order valence-electron chi connectivity index (χ1n) is 9.86. The topological polar surface area (TPSA) is 75.7 Å². The van der Waals surface area contributed by atoms with Crippen LogP contribution in [-0.4, -0.2) is 38.3 Å². The number of carbonyl (C=O) groups excluding carboxylic acids is 1. The highest BCUT2D eigenvalue weighted by molar-refractivity contribution is 7.89. The van der Waals surface area contributed by atoms with E-state index in [0.717, 1.165) is 37.8 Å². The van der Waals surface area contributed by atoms with Gasteiger partial charge in [-0.15, -0.1) is 0 Å². The lowest BCUT2D eigenvalue weighted by Crippen LogP contribution is -2.31. The Bertz CT molecular complexity index is 1000. The van der Waals surface area contributed by atoms with Crippen LogP contribution in [0.5, 0.6) is 5.75 Å². The fraction of sp³-hybridized carbons (Fsp3) is 0.381. The predicted octanol–water partition coefficient (Wildman–Crippen LogP) is 4.29. The predicted molar refractivity (Wildman–Crippen MR) is 109 cm³/mol. The van der Waals surface area contributed by atoms with Gasteiger partial charge in [-0.3, -0.25) is 4.79 Å². The van der Waals surface area contributed by atoms with Gasteiger partial charge in [0.2, 0.25) is 10.0 Å². The number of hydrogen-bond acceptors (Lipinski definition) is 4. The molecule has 1 fully saturated rings. The molecule has 0 spiro atoms. The summed E-state index contributed by atoms with van der Waals surface area (Å²) in [4.78, 5) is 12.1. The molecule has 1 N–H and O–H groups in total. The Labute approximate surface area is 179 Å². The molecule has 0 aliphatic carbocycles. The standard InChI is InChI=1S/C21H23F3N2O4S/c22-21(23,24)16-6-5-7-17(14-16)25-20(27)15-30-18-8-10-19(11-9-18)31(28,29)26-12-3-1-2-4-13-26/h5-11,14H,1-4,12-13,15H2,(H,25,27). The van der Waals surface area contributed by atoms with Crippen LogP contribution in [-0.2, 0) is 21.0 Å². The van der Waals surface area contributed by atoms with E-state index in [9.17, 15) is 26.4 Å². The summed E-state index contributed by atoms with van der Waals surface area (Å²) in [6.07, 6.45) is -0.807. The van der Waals surface area contributed by atoms with E-state index in [1.54, 1.807) is 0 Å². The van der Waals surface area contributed by atoms with Gasteiger partial charge in [0, 0.05) is 18.8 Å². The minimum atomic E-state index is -4.51. The van der Waals surface area contributed by atoms with Crippen molar-refractivity contribution in [2.75, 3.05) is 25.0 Å². The molecule has 31 heavy (non-hydrogen) atoms. The highest BCUT2D eigenvalue weighted by atomic mass is 32.2. The van der Waals surface area contributed by atoms with E-state index in [-0.39, 0.29) is 16.3 Å². The molecule has 0 atom stereocenters. The zero-order valence-corrected chi connectivity index (χ0v) is 17.5. The summed E-state index contributed by atoms with van der Waals surface area (Å²) in [7, 11) is -3.58. The van der Waals surface area contributed by atoms with Crippen LogP contribution in [0.15, 0.2) is 53.4 Å². The van der Waals surface area contributed by atoms with Crippen LogP contribution < -0.4 is 10.1 Å². The largest absolute Gasteiger partial charge is 0.484 e. The van der Waals surface area contributed by atoms with Crippen molar-refractivity contribution >= 4 is 21.6 Å². The number of carbonyl (C=O) groups is 1. The summed E-state index contributed by atoms with van der Waals surface area (Å²) in [5, 5.41) is 2.34. The van der Waals surface area contributed by atoms with Crippen LogP contribution in [0, 0.1) is 0 Å². The number of anilines is 1. The summed E-state index contributed by atoms with van der Waals surface area (Å²) in [5.74, 6) is -0.366. The number of sulfonamides is 1. The van der Waals surface area contributed by atoms with Crippen molar-refractivity contribution in [3.63, 3.8) is 0 Å². The number of nitrogens with zero attached hydrogens (tertiary/aromatic N) is 1. The highest BCUT2D eigenvalue weighted by Crippen LogP contribution is 2.30. The van der Waals surface area contributed by atoms with Gasteiger partial charge >= 0.3 is 6.18 Å². The Morgan fingerprint density at radius 1 is 1.00 bits per heavy atom. The molecule has 1 heterocycles. The first-order chi connectivity index (χ1) is 14.7. The van der Waals surface area contributed by atoms with E-state index in [0.29, 0.717) is 13.1 Å². The van der Waals surface area contributed by atoms with Crippen LogP contribution in [0.2, 0.25) is 0 Å². The number of nitrogens with one attached hydrogen (secondary N) is 1. The average Bonchev–Trinajstić information content (AvgIpc) is 3.02. The number of rotatable bonds is 6. The van der Waals surface area contributed by atoms with Gasteiger partial charge in [-0.05, 0) is 55.3 Å². The van der Waals surface area contributed by atoms with Crippen molar-refractivity contribution in [2.24, 2.45) is 0 Å². The van der Waals surface area contributed by atoms with Gasteiger partial charge in [-0.2, -0.15) is 17.5 Å². The summed E-state index contributed by atoms with van der Waals surface area (Å²) < 4.78 is 70.6. The molecule has 0 aromatic heterocycles. The molecule has 10 heteroatoms. The molecule has 2 aromatic rings. The molecule has 1 aliphatic heterocycles. The monoisotopic (exact) mass is 456 g/mol. The second kappa shape index (κ2) is 9.69. The lowest BCUT2D eigenvalue weighted by Gasteiger charge is -2.20. The summed E-state index contributed by atoms with van der Waals surface area (Å²) in [6, 6.07) is 10.0. The van der Waals surface area contributed by atoms with Crippen molar-refractivity contribution in [2.45, 2.75) is 36.8 Å². The molecular weight excluding hydrogens is 433 g/mol. The van der Waals surface area contributed by atoms with Crippen molar-refractivity contribution < 1.29 is 31.1 Å². The lowest BCUT2D eigenvalue weighted by atomic mass is 10.2. The third kappa shape index (κ3) is 6.20. The molecule has 0 saturated carbocycles. The molecule has 2 aromatic carbocycles. The van der Waals surface area contributed by atoms with Crippen molar-refractivity contribution in [3.05, 3.63) is 54.1 Å². The SMILES string of the molecule is O=C(COc1ccc(S(=O)(=O)N2CCCCCC2)cc1)Nc1cccc(C(F)(F)F)c1. The van der Waals surface area contributed by atoms with Gasteiger partial charge in [0.15, 0.2) is 6.61 Å². The van der Waals surface area contributed by atoms with Gasteiger partial charge in [-0.1, -0.05) is 18.9 Å². The van der Waals surface area contributed by atoms with E-state index in [1.807, 2.05) is 0 Å². The second-order valence-electron chi connectivity index (χ2n) is 7.21. The van der Waals surface area contributed by atoms with Gasteiger partial charge in [-0.25, -0.2) is 8.42 Å². The van der Waals surface area contributed by atoms with E-state index in [2.05, 4.69) is 5.32 Å². The molecule has 6 nitrogen and oxygen atoms in total. The zero-order chi connectivity index (χ0) is 22.5. The highest BCUT2D eigenvalue weighted by Gasteiger charge is 2.30. The van der Waals surface area contributed by atoms with E-state index >= 15 is 0 Å². The van der Waals surface area contributed by atoms with E-state index in [1.165, 1.54) is 40.7 Å². The maximum absolute atomic E-state index is 12.8. The zero-order valence-electron chi connectivity index (χ0n) is 16.7. The van der Waals surface area contributed by atoms with E-state index < -0.39 is 34.3 Å². The normalized spacial score (nSPS) is 15.8. The third-order valence-corrected chi connectivity index (χ3v) is 6.78. The van der Waals surface area contributed by atoms with Crippen molar-refractivity contribution in [1.29, 1.82) is 0 Å². The van der Waals surface area contributed by atoms with Crippen LogP contribution in [0.3, 0.4) is 0 Å². The third-order valence-electron chi connectivity index (χ3n) is 4.87. The molecule has 0 unspecified atom stereocenters. The van der Waals surface area contributed by atoms with Gasteiger partial charge in [0.05, 0.1) is 10.5 Å². The Morgan fingerprint density at radius 3 is 2.26 bits per heavy atom. The smallest absolute Gasteiger partial charge is 0.416 e. The Balaban J connectivity index is 1.57. The first-order valence-corrected chi connectivity index (χ1v) is 11.3. The molecule has 1 aliphatic rings. The van der Waals surface area contributed by atoms with Gasteiger partial charge < -0.3 is 10.1 Å². The molecule has 0 bridgehead atoms. The van der Waals surface area contributed by atoms with Crippen molar-refractivity contribution in [3.8, 4) is 5.75 Å². The minimum absolute atomic E-state index is 0.00214. The van der Waals surface area contributed by atoms with E-state index in [4.69, 9.17) is 4.74 Å². The lowest BCUT2D eigenvalue weighted by molar-refractivity contribution is -0.137. The van der Waals surface area contributed by atoms with Crippen LogP contribution in [0.1, 0.15) is 31.2 Å². The second-order valence-corrected chi connectivity index (χ2v) is 9.14. The number of benzene rings is 2. The maximum Gasteiger partial charge on any atom is 0.416 e.